The van der Waals surface area contributed by atoms with Crippen molar-refractivity contribution in [1.29, 1.82) is 0 Å². The van der Waals surface area contributed by atoms with E-state index >= 15 is 0 Å². The molecule has 2 aliphatic heterocycles. The lowest BCUT2D eigenvalue weighted by Crippen LogP contribution is -2.42. The third-order valence-corrected chi connectivity index (χ3v) is 6.64. The van der Waals surface area contributed by atoms with Crippen molar-refractivity contribution in [2.45, 2.75) is 33.1 Å². The maximum absolute atomic E-state index is 4.99. The Bertz CT molecular complexity index is 987. The number of hydrogen-bond donors (Lipinski definition) is 1. The van der Waals surface area contributed by atoms with E-state index in [2.05, 4.69) is 31.9 Å². The Balaban J connectivity index is 1.48. The topological polar surface area (TPSA) is 73.8 Å². The molecule has 146 valence electrons. The van der Waals surface area contributed by atoms with Gasteiger partial charge in [0.1, 0.15) is 5.82 Å². The van der Waals surface area contributed by atoms with E-state index in [0.29, 0.717) is 5.41 Å². The van der Waals surface area contributed by atoms with Crippen LogP contribution in [0.3, 0.4) is 0 Å². The van der Waals surface area contributed by atoms with E-state index in [1.54, 1.807) is 6.20 Å². The zero-order valence-electron chi connectivity index (χ0n) is 16.6. The molecular weight excluding hydrogens is 350 g/mol. The third-order valence-electron chi connectivity index (χ3n) is 6.64. The van der Waals surface area contributed by atoms with Crippen molar-refractivity contribution in [3.05, 3.63) is 30.4 Å². The van der Waals surface area contributed by atoms with Gasteiger partial charge in [-0.05, 0) is 50.8 Å². The first-order valence-corrected chi connectivity index (χ1v) is 10.3. The number of nitrogens with one attached hydrogen (secondary N) is 1. The summed E-state index contributed by atoms with van der Waals surface area (Å²) in [7, 11) is 0. The zero-order chi connectivity index (χ0) is 19.1. The number of aromatic nitrogens is 5. The van der Waals surface area contributed by atoms with Crippen molar-refractivity contribution in [2.75, 3.05) is 37.6 Å². The number of hydrogen-bond acceptors (Lipinski definition) is 6. The second-order valence-electron chi connectivity index (χ2n) is 8.28. The van der Waals surface area contributed by atoms with Crippen molar-refractivity contribution in [2.24, 2.45) is 5.41 Å². The highest BCUT2D eigenvalue weighted by Crippen LogP contribution is 2.41. The molecule has 0 bridgehead atoms. The van der Waals surface area contributed by atoms with E-state index in [4.69, 9.17) is 9.97 Å². The molecule has 0 aliphatic carbocycles. The number of rotatable bonds is 3. The lowest BCUT2D eigenvalue weighted by Gasteiger charge is -2.40. The van der Waals surface area contributed by atoms with Crippen LogP contribution in [0.5, 0.6) is 0 Å². The fourth-order valence-electron chi connectivity index (χ4n) is 4.80. The maximum Gasteiger partial charge on any atom is 0.165 e. The first kappa shape index (κ1) is 17.6. The van der Waals surface area contributed by atoms with Crippen molar-refractivity contribution in [3.8, 4) is 11.4 Å². The lowest BCUT2D eigenvalue weighted by molar-refractivity contribution is 0.212. The van der Waals surface area contributed by atoms with Gasteiger partial charge >= 0.3 is 0 Å². The Hall–Kier alpha value is -2.54. The summed E-state index contributed by atoms with van der Waals surface area (Å²) in [6, 6.07) is 2.04. The molecule has 1 N–H and O–H groups in total. The molecule has 2 fully saturated rings. The van der Waals surface area contributed by atoms with Crippen LogP contribution in [0.15, 0.2) is 24.7 Å². The summed E-state index contributed by atoms with van der Waals surface area (Å²) in [6.07, 6.45) is 9.28. The highest BCUT2D eigenvalue weighted by Gasteiger charge is 2.40. The largest absolute Gasteiger partial charge is 0.356 e. The van der Waals surface area contributed by atoms with Gasteiger partial charge in [-0.3, -0.25) is 10.1 Å². The summed E-state index contributed by atoms with van der Waals surface area (Å²) < 4.78 is 0. The Labute approximate surface area is 165 Å². The molecular formula is C21H27N7. The Morgan fingerprint density at radius 2 is 1.93 bits per heavy atom. The van der Waals surface area contributed by atoms with Gasteiger partial charge in [-0.2, -0.15) is 5.10 Å². The molecule has 28 heavy (non-hydrogen) atoms. The SMILES string of the molecule is CCN1CCC2(CCN(c3nc(-c4cn[nH]c4C)nc4cnccc34)CC2)C1. The van der Waals surface area contributed by atoms with Crippen LogP contribution < -0.4 is 4.90 Å². The van der Waals surface area contributed by atoms with E-state index in [1.807, 2.05) is 25.4 Å². The Kier molecular flexibility index (Phi) is 4.27. The molecule has 0 unspecified atom stereocenters. The number of aryl methyl sites for hydroxylation is 1. The predicted octanol–water partition coefficient (Wildman–Crippen LogP) is 3.04. The first-order valence-electron chi connectivity index (χ1n) is 10.3. The minimum absolute atomic E-state index is 0.501. The monoisotopic (exact) mass is 377 g/mol. The number of aromatic amines is 1. The Morgan fingerprint density at radius 3 is 2.64 bits per heavy atom. The number of anilines is 1. The number of nitrogens with zero attached hydrogens (tertiary/aromatic N) is 6. The standard InChI is InChI=1S/C21H27N7/c1-3-27-9-5-21(14-27)6-10-28(11-7-21)20-16-4-8-22-13-18(16)24-19(25-20)17-12-23-26-15(17)2/h4,8,12-13H,3,5-7,9-11,14H2,1-2H3,(H,23,26). The molecule has 3 aromatic heterocycles. The van der Waals surface area contributed by atoms with Crippen LogP contribution in [0.1, 0.15) is 31.9 Å². The molecule has 7 heteroatoms. The summed E-state index contributed by atoms with van der Waals surface area (Å²) in [6.45, 7) is 10.1. The minimum Gasteiger partial charge on any atom is -0.356 e. The highest BCUT2D eigenvalue weighted by molar-refractivity contribution is 5.90. The van der Waals surface area contributed by atoms with E-state index in [9.17, 15) is 0 Å². The van der Waals surface area contributed by atoms with Gasteiger partial charge in [0.05, 0.1) is 23.5 Å². The molecule has 7 nitrogen and oxygen atoms in total. The second kappa shape index (κ2) is 6.81. The number of pyridine rings is 1. The van der Waals surface area contributed by atoms with Crippen molar-refractivity contribution in [3.63, 3.8) is 0 Å². The molecule has 5 heterocycles. The number of fused-ring (bicyclic) bond motifs is 1. The Morgan fingerprint density at radius 1 is 1.11 bits per heavy atom. The molecule has 0 atom stereocenters. The van der Waals surface area contributed by atoms with Gasteiger partial charge < -0.3 is 9.80 Å². The van der Waals surface area contributed by atoms with E-state index < -0.39 is 0 Å². The van der Waals surface area contributed by atoms with Crippen LogP contribution in [0.25, 0.3) is 22.3 Å². The molecule has 0 radical (unpaired) electrons. The summed E-state index contributed by atoms with van der Waals surface area (Å²) >= 11 is 0. The molecule has 2 saturated heterocycles. The molecule has 2 aliphatic rings. The quantitative estimate of drug-likeness (QED) is 0.756. The van der Waals surface area contributed by atoms with Crippen molar-refractivity contribution >= 4 is 16.7 Å². The summed E-state index contributed by atoms with van der Waals surface area (Å²) in [4.78, 5) is 19.1. The van der Waals surface area contributed by atoms with Crippen LogP contribution >= 0.6 is 0 Å². The molecule has 0 saturated carbocycles. The maximum atomic E-state index is 4.99. The van der Waals surface area contributed by atoms with Gasteiger partial charge in [0.15, 0.2) is 5.82 Å². The fraction of sp³-hybridized carbons (Fsp3) is 0.524. The molecule has 0 amide bonds. The highest BCUT2D eigenvalue weighted by atomic mass is 15.2. The van der Waals surface area contributed by atoms with Crippen LogP contribution in [0.4, 0.5) is 5.82 Å². The smallest absolute Gasteiger partial charge is 0.165 e. The second-order valence-corrected chi connectivity index (χ2v) is 8.28. The minimum atomic E-state index is 0.501. The van der Waals surface area contributed by atoms with E-state index in [0.717, 1.165) is 46.9 Å². The van der Waals surface area contributed by atoms with Crippen molar-refractivity contribution in [1.82, 2.24) is 30.0 Å². The fourth-order valence-corrected chi connectivity index (χ4v) is 4.80. The normalized spacial score (nSPS) is 19.7. The number of piperidine rings is 1. The average Bonchev–Trinajstić information content (AvgIpc) is 3.34. The van der Waals surface area contributed by atoms with Gasteiger partial charge in [0, 0.05) is 36.9 Å². The van der Waals surface area contributed by atoms with Crippen LogP contribution in [0, 0.1) is 12.3 Å². The number of H-pyrrole nitrogens is 1. The van der Waals surface area contributed by atoms with E-state index in [-0.39, 0.29) is 0 Å². The van der Waals surface area contributed by atoms with Gasteiger partial charge in [-0.1, -0.05) is 6.92 Å². The van der Waals surface area contributed by atoms with Crippen LogP contribution in [-0.4, -0.2) is 62.8 Å². The van der Waals surface area contributed by atoms with Gasteiger partial charge in [-0.25, -0.2) is 9.97 Å². The molecule has 5 rings (SSSR count). The van der Waals surface area contributed by atoms with E-state index in [1.165, 1.54) is 38.9 Å². The van der Waals surface area contributed by atoms with Gasteiger partial charge in [-0.15, -0.1) is 0 Å². The van der Waals surface area contributed by atoms with Crippen LogP contribution in [0.2, 0.25) is 0 Å². The first-order chi connectivity index (χ1) is 13.7. The van der Waals surface area contributed by atoms with Gasteiger partial charge in [0.2, 0.25) is 0 Å². The zero-order valence-corrected chi connectivity index (χ0v) is 16.6. The summed E-state index contributed by atoms with van der Waals surface area (Å²) in [5.74, 6) is 1.75. The average molecular weight is 377 g/mol. The third kappa shape index (κ3) is 2.94. The number of likely N-dealkylation sites (tertiary alicyclic amines) is 1. The lowest BCUT2D eigenvalue weighted by atomic mass is 9.78. The molecule has 0 aromatic carbocycles. The van der Waals surface area contributed by atoms with Crippen LogP contribution in [-0.2, 0) is 0 Å². The predicted molar refractivity (Wildman–Crippen MR) is 110 cm³/mol. The molecule has 1 spiro atoms. The molecule has 3 aromatic rings. The van der Waals surface area contributed by atoms with Gasteiger partial charge in [0.25, 0.3) is 0 Å². The summed E-state index contributed by atoms with van der Waals surface area (Å²) in [5, 5.41) is 8.22. The summed E-state index contributed by atoms with van der Waals surface area (Å²) in [5.41, 5.74) is 3.33. The van der Waals surface area contributed by atoms with Crippen molar-refractivity contribution < 1.29 is 0 Å².